The minimum Gasteiger partial charge on any atom is -0.482 e. The molecule has 20 heavy (non-hydrogen) atoms. The van der Waals surface area contributed by atoms with Crippen LogP contribution in [-0.2, 0) is 9.53 Å². The smallest absolute Gasteiger partial charge is 0.262 e. The van der Waals surface area contributed by atoms with Gasteiger partial charge in [0.1, 0.15) is 5.75 Å². The zero-order valence-corrected chi connectivity index (χ0v) is 11.6. The first-order valence-corrected chi connectivity index (χ1v) is 6.75. The van der Waals surface area contributed by atoms with Crippen molar-refractivity contribution in [2.45, 2.75) is 18.9 Å². The largest absolute Gasteiger partial charge is 0.482 e. The van der Waals surface area contributed by atoms with Gasteiger partial charge in [0.2, 0.25) is 0 Å². The number of hydrogen-bond acceptors (Lipinski definition) is 5. The number of fused-ring (bicyclic) bond motifs is 1. The van der Waals surface area contributed by atoms with E-state index < -0.39 is 0 Å². The fourth-order valence-electron chi connectivity index (χ4n) is 2.17. The molecule has 0 fully saturated rings. The van der Waals surface area contributed by atoms with Crippen molar-refractivity contribution in [3.63, 3.8) is 0 Å². The normalized spacial score (nSPS) is 15.0. The maximum atomic E-state index is 11.3. The predicted octanol–water partition coefficient (Wildman–Crippen LogP) is 1.18. The first-order chi connectivity index (χ1) is 9.72. The van der Waals surface area contributed by atoms with Gasteiger partial charge in [-0.3, -0.25) is 4.79 Å². The summed E-state index contributed by atoms with van der Waals surface area (Å²) in [7, 11) is 1.68. The molecular formula is C14H21N3O3. The van der Waals surface area contributed by atoms with Gasteiger partial charge in [-0.25, -0.2) is 0 Å². The molecule has 1 aliphatic heterocycles. The molecular weight excluding hydrogens is 258 g/mol. The van der Waals surface area contributed by atoms with Crippen molar-refractivity contribution in [2.75, 3.05) is 37.5 Å². The lowest BCUT2D eigenvalue weighted by Gasteiger charge is -2.22. The molecule has 1 amide bonds. The molecule has 0 spiro atoms. The number of amides is 1. The number of hydrogen-bond donors (Lipinski definition) is 3. The van der Waals surface area contributed by atoms with Gasteiger partial charge in [0.25, 0.3) is 5.91 Å². The van der Waals surface area contributed by atoms with Crippen LogP contribution in [0.15, 0.2) is 18.2 Å². The molecule has 1 aliphatic rings. The second-order valence-corrected chi connectivity index (χ2v) is 4.78. The second-order valence-electron chi connectivity index (χ2n) is 4.78. The minimum atomic E-state index is -0.133. The maximum absolute atomic E-state index is 11.3. The summed E-state index contributed by atoms with van der Waals surface area (Å²) in [4.78, 5) is 11.3. The van der Waals surface area contributed by atoms with Crippen LogP contribution in [-0.4, -0.2) is 38.8 Å². The summed E-state index contributed by atoms with van der Waals surface area (Å²) >= 11 is 0. The summed E-state index contributed by atoms with van der Waals surface area (Å²) in [6.45, 7) is 1.35. The second kappa shape index (κ2) is 7.12. The fourth-order valence-corrected chi connectivity index (χ4v) is 2.17. The van der Waals surface area contributed by atoms with Gasteiger partial charge in [-0.1, -0.05) is 0 Å². The average molecular weight is 279 g/mol. The molecule has 1 atom stereocenters. The highest BCUT2D eigenvalue weighted by molar-refractivity contribution is 5.96. The summed E-state index contributed by atoms with van der Waals surface area (Å²) < 4.78 is 10.5. The monoisotopic (exact) mass is 279 g/mol. The van der Waals surface area contributed by atoms with Crippen molar-refractivity contribution in [3.05, 3.63) is 18.2 Å². The van der Waals surface area contributed by atoms with Gasteiger partial charge in [0.15, 0.2) is 6.61 Å². The van der Waals surface area contributed by atoms with Crippen LogP contribution in [0.5, 0.6) is 5.75 Å². The molecule has 0 saturated heterocycles. The summed E-state index contributed by atoms with van der Waals surface area (Å²) in [5.74, 6) is 0.562. The predicted molar refractivity (Wildman–Crippen MR) is 78.1 cm³/mol. The third kappa shape index (κ3) is 3.85. The van der Waals surface area contributed by atoms with E-state index in [0.717, 1.165) is 18.5 Å². The first kappa shape index (κ1) is 14.6. The number of benzene rings is 1. The Balaban J connectivity index is 2.04. The van der Waals surface area contributed by atoms with Crippen LogP contribution in [0, 0.1) is 0 Å². The molecule has 1 aromatic carbocycles. The van der Waals surface area contributed by atoms with Crippen LogP contribution in [0.1, 0.15) is 12.8 Å². The number of carbonyl (C=O) groups is 1. The van der Waals surface area contributed by atoms with E-state index in [2.05, 4.69) is 10.6 Å². The Morgan fingerprint density at radius 2 is 2.40 bits per heavy atom. The molecule has 1 aromatic rings. The van der Waals surface area contributed by atoms with Gasteiger partial charge >= 0.3 is 0 Å². The minimum absolute atomic E-state index is 0.0720. The Hall–Kier alpha value is -1.79. The van der Waals surface area contributed by atoms with E-state index in [9.17, 15) is 4.79 Å². The lowest BCUT2D eigenvalue weighted by Crippen LogP contribution is -2.27. The molecule has 0 radical (unpaired) electrons. The van der Waals surface area contributed by atoms with Crippen molar-refractivity contribution in [3.8, 4) is 5.75 Å². The van der Waals surface area contributed by atoms with Gasteiger partial charge in [-0.2, -0.15) is 0 Å². The third-order valence-corrected chi connectivity index (χ3v) is 3.11. The van der Waals surface area contributed by atoms with E-state index in [1.165, 1.54) is 0 Å². The molecule has 0 saturated carbocycles. The van der Waals surface area contributed by atoms with Crippen LogP contribution in [0.25, 0.3) is 0 Å². The van der Waals surface area contributed by atoms with Crippen LogP contribution in [0.3, 0.4) is 0 Å². The summed E-state index contributed by atoms with van der Waals surface area (Å²) in [5.41, 5.74) is 7.16. The summed E-state index contributed by atoms with van der Waals surface area (Å²) in [5, 5.41) is 6.19. The van der Waals surface area contributed by atoms with Crippen molar-refractivity contribution in [1.82, 2.24) is 0 Å². The number of carbonyl (C=O) groups excluding carboxylic acids is 1. The first-order valence-electron chi connectivity index (χ1n) is 6.75. The van der Waals surface area contributed by atoms with Crippen LogP contribution >= 0.6 is 0 Å². The molecule has 0 bridgehead atoms. The quantitative estimate of drug-likeness (QED) is 0.698. The lowest BCUT2D eigenvalue weighted by molar-refractivity contribution is -0.118. The lowest BCUT2D eigenvalue weighted by atomic mass is 10.1. The highest BCUT2D eigenvalue weighted by atomic mass is 16.5. The van der Waals surface area contributed by atoms with Gasteiger partial charge < -0.3 is 25.8 Å². The van der Waals surface area contributed by atoms with Crippen LogP contribution < -0.4 is 21.1 Å². The van der Waals surface area contributed by atoms with Crippen molar-refractivity contribution >= 4 is 17.3 Å². The fraction of sp³-hybridized carbons (Fsp3) is 0.500. The zero-order valence-electron chi connectivity index (χ0n) is 11.6. The Bertz CT molecular complexity index is 465. The Morgan fingerprint density at radius 1 is 1.55 bits per heavy atom. The van der Waals surface area contributed by atoms with E-state index in [1.807, 2.05) is 18.2 Å². The number of ether oxygens (including phenoxy) is 2. The molecule has 110 valence electrons. The van der Waals surface area contributed by atoms with E-state index in [1.54, 1.807) is 7.11 Å². The molecule has 1 unspecified atom stereocenters. The van der Waals surface area contributed by atoms with Crippen LogP contribution in [0.4, 0.5) is 11.4 Å². The summed E-state index contributed by atoms with van der Waals surface area (Å²) in [6, 6.07) is 5.85. The number of anilines is 2. The number of nitrogens with two attached hydrogens (primary N) is 1. The van der Waals surface area contributed by atoms with Gasteiger partial charge in [-0.15, -0.1) is 0 Å². The van der Waals surface area contributed by atoms with E-state index >= 15 is 0 Å². The summed E-state index contributed by atoms with van der Waals surface area (Å²) in [6.07, 6.45) is 1.87. The highest BCUT2D eigenvalue weighted by Gasteiger charge is 2.16. The Labute approximate surface area is 118 Å². The van der Waals surface area contributed by atoms with Crippen molar-refractivity contribution in [2.24, 2.45) is 5.73 Å². The maximum Gasteiger partial charge on any atom is 0.262 e. The molecule has 4 N–H and O–H groups in total. The Morgan fingerprint density at radius 3 is 3.15 bits per heavy atom. The van der Waals surface area contributed by atoms with Crippen molar-refractivity contribution < 1.29 is 14.3 Å². The Kier molecular flexibility index (Phi) is 5.20. The van der Waals surface area contributed by atoms with Crippen LogP contribution in [0.2, 0.25) is 0 Å². The molecule has 0 aromatic heterocycles. The average Bonchev–Trinajstić information content (AvgIpc) is 2.44. The SMILES string of the molecule is COCC(CCCN)Nc1ccc2c(c1)NC(=O)CO2. The molecule has 1 heterocycles. The van der Waals surface area contributed by atoms with E-state index in [0.29, 0.717) is 24.6 Å². The molecule has 6 nitrogen and oxygen atoms in total. The van der Waals surface area contributed by atoms with Gasteiger partial charge in [0.05, 0.1) is 12.3 Å². The van der Waals surface area contributed by atoms with Gasteiger partial charge in [-0.05, 0) is 37.6 Å². The molecule has 6 heteroatoms. The third-order valence-electron chi connectivity index (χ3n) is 3.11. The zero-order chi connectivity index (χ0) is 14.4. The molecule has 2 rings (SSSR count). The highest BCUT2D eigenvalue weighted by Crippen LogP contribution is 2.30. The van der Waals surface area contributed by atoms with Gasteiger partial charge in [0, 0.05) is 18.8 Å². The number of rotatable bonds is 7. The topological polar surface area (TPSA) is 85.6 Å². The molecule has 0 aliphatic carbocycles. The standard InChI is InChI=1S/C14H21N3O3/c1-19-8-11(3-2-6-15)16-10-4-5-13-12(7-10)17-14(18)9-20-13/h4-5,7,11,16H,2-3,6,8-9,15H2,1H3,(H,17,18). The van der Waals surface area contributed by atoms with E-state index in [4.69, 9.17) is 15.2 Å². The number of methoxy groups -OCH3 is 1. The number of nitrogens with one attached hydrogen (secondary N) is 2. The van der Waals surface area contributed by atoms with Crippen molar-refractivity contribution in [1.29, 1.82) is 0 Å². The van der Waals surface area contributed by atoms with E-state index in [-0.39, 0.29) is 18.6 Å².